The average Bonchev–Trinajstić information content (AvgIpc) is 2.82. The molecule has 0 aliphatic carbocycles. The van der Waals surface area contributed by atoms with Crippen LogP contribution in [0.15, 0.2) is 47.4 Å². The number of ether oxygens (including phenoxy) is 1. The van der Waals surface area contributed by atoms with Gasteiger partial charge < -0.3 is 4.74 Å². The molecule has 2 aromatic carbocycles. The standard InChI is InChI=1S/C18H13Cl2NO3S/c1-21-17(22)16(25-18(21)23)8-11-4-2-3-5-15(11)24-10-12-6-7-13(19)9-14(12)20/h2-9H,10H2,1H3/b16-8-. The molecule has 128 valence electrons. The summed E-state index contributed by atoms with van der Waals surface area (Å²) >= 11 is 13.0. The molecule has 25 heavy (non-hydrogen) atoms. The summed E-state index contributed by atoms with van der Waals surface area (Å²) in [6.07, 6.45) is 1.66. The van der Waals surface area contributed by atoms with Crippen LogP contribution in [0, 0.1) is 0 Å². The number of thioether (sulfide) groups is 1. The topological polar surface area (TPSA) is 46.6 Å². The zero-order valence-corrected chi connectivity index (χ0v) is 15.5. The van der Waals surface area contributed by atoms with Crippen LogP contribution in [0.1, 0.15) is 11.1 Å². The van der Waals surface area contributed by atoms with Crippen molar-refractivity contribution in [3.05, 3.63) is 68.5 Å². The molecule has 0 bridgehead atoms. The van der Waals surface area contributed by atoms with E-state index in [4.69, 9.17) is 27.9 Å². The largest absolute Gasteiger partial charge is 0.488 e. The van der Waals surface area contributed by atoms with Gasteiger partial charge >= 0.3 is 0 Å². The highest BCUT2D eigenvalue weighted by atomic mass is 35.5. The van der Waals surface area contributed by atoms with E-state index >= 15 is 0 Å². The summed E-state index contributed by atoms with van der Waals surface area (Å²) in [7, 11) is 1.46. The first-order valence-electron chi connectivity index (χ1n) is 7.33. The quantitative estimate of drug-likeness (QED) is 0.666. The van der Waals surface area contributed by atoms with Gasteiger partial charge in [0.2, 0.25) is 0 Å². The van der Waals surface area contributed by atoms with Crippen molar-refractivity contribution in [2.75, 3.05) is 7.05 Å². The Morgan fingerprint density at radius 2 is 1.92 bits per heavy atom. The van der Waals surface area contributed by atoms with Gasteiger partial charge in [0.15, 0.2) is 0 Å². The van der Waals surface area contributed by atoms with Crippen LogP contribution in [0.5, 0.6) is 5.75 Å². The van der Waals surface area contributed by atoms with Crippen LogP contribution in [-0.4, -0.2) is 23.1 Å². The van der Waals surface area contributed by atoms with E-state index < -0.39 is 0 Å². The van der Waals surface area contributed by atoms with Crippen LogP contribution >= 0.6 is 35.0 Å². The van der Waals surface area contributed by atoms with E-state index in [9.17, 15) is 9.59 Å². The number of likely N-dealkylation sites (N-methyl/N-ethyl adjacent to an activating group) is 1. The maximum absolute atomic E-state index is 12.0. The van der Waals surface area contributed by atoms with Gasteiger partial charge in [-0.05, 0) is 36.0 Å². The lowest BCUT2D eigenvalue weighted by molar-refractivity contribution is -0.121. The number of imide groups is 1. The highest BCUT2D eigenvalue weighted by molar-refractivity contribution is 8.18. The van der Waals surface area contributed by atoms with E-state index in [1.165, 1.54) is 7.05 Å². The van der Waals surface area contributed by atoms with E-state index in [1.54, 1.807) is 30.3 Å². The third-order valence-corrected chi connectivity index (χ3v) is 5.14. The van der Waals surface area contributed by atoms with Crippen molar-refractivity contribution in [1.82, 2.24) is 4.90 Å². The first-order valence-corrected chi connectivity index (χ1v) is 8.90. The van der Waals surface area contributed by atoms with Crippen LogP contribution in [-0.2, 0) is 11.4 Å². The fourth-order valence-electron chi connectivity index (χ4n) is 2.21. The molecule has 1 aliphatic heterocycles. The SMILES string of the molecule is CN1C(=O)S/C(=C\c2ccccc2OCc2ccc(Cl)cc2Cl)C1=O. The number of benzene rings is 2. The smallest absolute Gasteiger partial charge is 0.293 e. The van der Waals surface area contributed by atoms with Gasteiger partial charge in [-0.25, -0.2) is 0 Å². The summed E-state index contributed by atoms with van der Waals surface area (Å²) < 4.78 is 5.85. The van der Waals surface area contributed by atoms with Gasteiger partial charge in [-0.2, -0.15) is 0 Å². The molecule has 2 amide bonds. The first kappa shape index (κ1) is 17.9. The molecule has 0 N–H and O–H groups in total. The van der Waals surface area contributed by atoms with Crippen LogP contribution in [0.2, 0.25) is 10.0 Å². The Balaban J connectivity index is 1.82. The molecule has 0 saturated carbocycles. The van der Waals surface area contributed by atoms with Crippen molar-refractivity contribution in [1.29, 1.82) is 0 Å². The van der Waals surface area contributed by atoms with Gasteiger partial charge in [0.05, 0.1) is 4.91 Å². The highest BCUT2D eigenvalue weighted by Gasteiger charge is 2.31. The van der Waals surface area contributed by atoms with Gasteiger partial charge in [0.1, 0.15) is 12.4 Å². The molecule has 0 spiro atoms. The van der Waals surface area contributed by atoms with E-state index in [1.807, 2.05) is 18.2 Å². The Hall–Kier alpha value is -1.95. The van der Waals surface area contributed by atoms with Gasteiger partial charge in [0, 0.05) is 28.2 Å². The maximum atomic E-state index is 12.0. The number of rotatable bonds is 4. The fourth-order valence-corrected chi connectivity index (χ4v) is 3.49. The molecule has 0 radical (unpaired) electrons. The Labute approximate surface area is 159 Å². The monoisotopic (exact) mass is 393 g/mol. The van der Waals surface area contributed by atoms with E-state index in [2.05, 4.69) is 0 Å². The van der Waals surface area contributed by atoms with Gasteiger partial charge in [-0.1, -0.05) is 47.5 Å². The molecule has 1 heterocycles. The lowest BCUT2D eigenvalue weighted by atomic mass is 10.1. The number of halogens is 2. The predicted octanol–water partition coefficient (Wildman–Crippen LogP) is 5.24. The van der Waals surface area contributed by atoms with Gasteiger partial charge in [-0.15, -0.1) is 0 Å². The Bertz CT molecular complexity index is 882. The maximum Gasteiger partial charge on any atom is 0.293 e. The van der Waals surface area contributed by atoms with Crippen molar-refractivity contribution >= 4 is 52.2 Å². The number of amides is 2. The normalized spacial score (nSPS) is 16.0. The summed E-state index contributed by atoms with van der Waals surface area (Å²) in [5.41, 5.74) is 1.52. The third kappa shape index (κ3) is 4.00. The van der Waals surface area contributed by atoms with Crippen LogP contribution in [0.4, 0.5) is 4.79 Å². The molecule has 0 aromatic heterocycles. The highest BCUT2D eigenvalue weighted by Crippen LogP contribution is 2.33. The molecule has 3 rings (SSSR count). The summed E-state index contributed by atoms with van der Waals surface area (Å²) in [6.45, 7) is 0.260. The number of nitrogens with zero attached hydrogens (tertiary/aromatic N) is 1. The summed E-state index contributed by atoms with van der Waals surface area (Å²) in [4.78, 5) is 25.1. The lowest BCUT2D eigenvalue weighted by Gasteiger charge is -2.11. The van der Waals surface area contributed by atoms with Gasteiger partial charge in [0.25, 0.3) is 11.1 Å². The molecule has 7 heteroatoms. The third-order valence-electron chi connectivity index (χ3n) is 3.59. The van der Waals surface area contributed by atoms with Crippen molar-refractivity contribution < 1.29 is 14.3 Å². The second kappa shape index (κ2) is 7.52. The average molecular weight is 394 g/mol. The molecular formula is C18H13Cl2NO3S. The van der Waals surface area contributed by atoms with Crippen molar-refractivity contribution in [3.63, 3.8) is 0 Å². The molecule has 2 aromatic rings. The number of carbonyl (C=O) groups is 2. The molecule has 1 aliphatic rings. The second-order valence-corrected chi connectivity index (χ2v) is 7.14. The number of hydrogen-bond donors (Lipinski definition) is 0. The summed E-state index contributed by atoms with van der Waals surface area (Å²) in [6, 6.07) is 12.5. The predicted molar refractivity (Wildman–Crippen MR) is 101 cm³/mol. The van der Waals surface area contributed by atoms with Crippen molar-refractivity contribution in [2.45, 2.75) is 6.61 Å². The Morgan fingerprint density at radius 1 is 1.16 bits per heavy atom. The van der Waals surface area contributed by atoms with Crippen LogP contribution in [0.3, 0.4) is 0 Å². The van der Waals surface area contributed by atoms with E-state index in [-0.39, 0.29) is 17.8 Å². The van der Waals surface area contributed by atoms with Crippen LogP contribution < -0.4 is 4.74 Å². The minimum Gasteiger partial charge on any atom is -0.488 e. The summed E-state index contributed by atoms with van der Waals surface area (Å²) in [5.74, 6) is 0.280. The molecule has 0 atom stereocenters. The zero-order valence-electron chi connectivity index (χ0n) is 13.2. The molecule has 1 fully saturated rings. The minimum atomic E-state index is -0.314. The van der Waals surface area contributed by atoms with E-state index in [0.29, 0.717) is 26.3 Å². The van der Waals surface area contributed by atoms with Crippen LogP contribution in [0.25, 0.3) is 6.08 Å². The molecule has 0 unspecified atom stereocenters. The van der Waals surface area contributed by atoms with E-state index in [0.717, 1.165) is 22.2 Å². The molecular weight excluding hydrogens is 381 g/mol. The number of carbonyl (C=O) groups excluding carboxylic acids is 2. The second-order valence-electron chi connectivity index (χ2n) is 5.30. The van der Waals surface area contributed by atoms with Gasteiger partial charge in [-0.3, -0.25) is 14.5 Å². The Kier molecular flexibility index (Phi) is 5.37. The fraction of sp³-hybridized carbons (Fsp3) is 0.111. The summed E-state index contributed by atoms with van der Waals surface area (Å²) in [5, 5.41) is 0.795. The first-order chi connectivity index (χ1) is 12.0. The number of para-hydroxylation sites is 1. The zero-order chi connectivity index (χ0) is 18.0. The lowest BCUT2D eigenvalue weighted by Crippen LogP contribution is -2.22. The minimum absolute atomic E-state index is 0.260. The van der Waals surface area contributed by atoms with Crippen molar-refractivity contribution in [2.24, 2.45) is 0 Å². The Morgan fingerprint density at radius 3 is 2.60 bits per heavy atom. The van der Waals surface area contributed by atoms with Crippen molar-refractivity contribution in [3.8, 4) is 5.75 Å². The number of hydrogen-bond acceptors (Lipinski definition) is 4. The molecule has 1 saturated heterocycles. The molecule has 4 nitrogen and oxygen atoms in total.